The van der Waals surface area contributed by atoms with Crippen LogP contribution >= 0.6 is 19.9 Å². The molecule has 0 heterocycles. The number of methoxy groups -OCH3 is 1. The monoisotopic (exact) mass is 424 g/mol. The Hall–Kier alpha value is -1.64. The maximum Gasteiger partial charge on any atom is 0.102 e. The lowest BCUT2D eigenvalue weighted by Gasteiger charge is -2.32. The zero-order valence-corrected chi connectivity index (χ0v) is 19.0. The highest BCUT2D eigenvalue weighted by molar-refractivity contribution is 8.00. The maximum absolute atomic E-state index is 6.90. The van der Waals surface area contributed by atoms with E-state index in [9.17, 15) is 0 Å². The number of hydrogen-bond donors (Lipinski definition) is 0. The normalized spacial score (nSPS) is 13.6. The van der Waals surface area contributed by atoms with Crippen LogP contribution in [0.25, 0.3) is 0 Å². The van der Waals surface area contributed by atoms with E-state index >= 15 is 0 Å². The number of benzene rings is 3. The van der Waals surface area contributed by atoms with Gasteiger partial charge in [-0.3, -0.25) is 0 Å². The first-order valence-corrected chi connectivity index (χ1v) is 12.2. The predicted molar refractivity (Wildman–Crippen MR) is 128 cm³/mol. The van der Waals surface area contributed by atoms with E-state index < -0.39 is 8.15 Å². The lowest BCUT2D eigenvalue weighted by atomic mass is 10.1. The zero-order chi connectivity index (χ0) is 20.5. The fourth-order valence-electron chi connectivity index (χ4n) is 3.19. The summed E-state index contributed by atoms with van der Waals surface area (Å²) in [5, 5.41) is 3.13. The van der Waals surface area contributed by atoms with Crippen molar-refractivity contribution in [3.63, 3.8) is 0 Å². The van der Waals surface area contributed by atoms with Gasteiger partial charge >= 0.3 is 0 Å². The minimum atomic E-state index is -0.943. The number of rotatable bonds is 10. The molecule has 3 aromatic rings. The van der Waals surface area contributed by atoms with Crippen LogP contribution in [0.5, 0.6) is 0 Å². The summed E-state index contributed by atoms with van der Waals surface area (Å²) in [4.78, 5) is 0. The third-order valence-corrected chi connectivity index (χ3v) is 7.87. The van der Waals surface area contributed by atoms with E-state index in [-0.39, 0.29) is 11.4 Å². The molecule has 0 radical (unpaired) electrons. The van der Waals surface area contributed by atoms with Crippen molar-refractivity contribution < 1.29 is 9.26 Å². The van der Waals surface area contributed by atoms with Crippen molar-refractivity contribution in [2.45, 2.75) is 30.5 Å². The van der Waals surface area contributed by atoms with Crippen LogP contribution in [0.2, 0.25) is 0 Å². The first kappa shape index (κ1) is 22.1. The molecule has 0 unspecified atom stereocenters. The Labute approximate surface area is 180 Å². The van der Waals surface area contributed by atoms with Gasteiger partial charge in [0.2, 0.25) is 0 Å². The SMILES string of the molecule is COC[C@H](OP(c1ccccc1)c1ccccc1)[C@H](SC(C)C)c1ccccc1. The van der Waals surface area contributed by atoms with Crippen LogP contribution in [-0.2, 0) is 9.26 Å². The fourth-order valence-corrected chi connectivity index (χ4v) is 6.36. The summed E-state index contributed by atoms with van der Waals surface area (Å²) >= 11 is 1.94. The van der Waals surface area contributed by atoms with Crippen LogP contribution in [0, 0.1) is 0 Å². The quantitative estimate of drug-likeness (QED) is 0.375. The molecular weight excluding hydrogens is 395 g/mol. The van der Waals surface area contributed by atoms with Crippen LogP contribution in [0.1, 0.15) is 24.7 Å². The molecule has 0 saturated carbocycles. The van der Waals surface area contributed by atoms with Gasteiger partial charge in [-0.05, 0) is 10.8 Å². The molecule has 2 nitrogen and oxygen atoms in total. The molecule has 2 atom stereocenters. The van der Waals surface area contributed by atoms with E-state index in [1.54, 1.807) is 7.11 Å². The second-order valence-electron chi connectivity index (χ2n) is 7.08. The van der Waals surface area contributed by atoms with Crippen LogP contribution in [0.4, 0.5) is 0 Å². The smallest absolute Gasteiger partial charge is 0.102 e. The highest BCUT2D eigenvalue weighted by Crippen LogP contribution is 2.44. The molecule has 0 aliphatic heterocycles. The molecule has 0 aliphatic carbocycles. The first-order valence-electron chi connectivity index (χ1n) is 9.95. The molecule has 0 aliphatic rings. The topological polar surface area (TPSA) is 18.5 Å². The Morgan fingerprint density at radius 2 is 1.24 bits per heavy atom. The average molecular weight is 425 g/mol. The minimum Gasteiger partial charge on any atom is -0.382 e. The summed E-state index contributed by atoms with van der Waals surface area (Å²) in [6.07, 6.45) is -0.0543. The zero-order valence-electron chi connectivity index (χ0n) is 17.3. The molecule has 0 fully saturated rings. The van der Waals surface area contributed by atoms with Crippen molar-refractivity contribution in [1.82, 2.24) is 0 Å². The molecule has 3 aromatic carbocycles. The molecule has 0 aromatic heterocycles. The van der Waals surface area contributed by atoms with E-state index in [1.807, 2.05) is 11.8 Å². The molecule has 0 amide bonds. The van der Waals surface area contributed by atoms with Crippen LogP contribution < -0.4 is 10.6 Å². The Balaban J connectivity index is 1.96. The largest absolute Gasteiger partial charge is 0.382 e. The summed E-state index contributed by atoms with van der Waals surface area (Å²) in [5.41, 5.74) is 1.28. The Morgan fingerprint density at radius 3 is 1.69 bits per heavy atom. The Bertz CT molecular complexity index is 788. The van der Waals surface area contributed by atoms with E-state index in [4.69, 9.17) is 9.26 Å². The Kier molecular flexibility index (Phi) is 8.76. The fraction of sp³-hybridized carbons (Fsp3) is 0.280. The molecule has 0 bridgehead atoms. The van der Waals surface area contributed by atoms with Gasteiger partial charge in [-0.1, -0.05) is 105 Å². The number of thioether (sulfide) groups is 1. The Morgan fingerprint density at radius 1 is 0.759 bits per heavy atom. The van der Waals surface area contributed by atoms with Crippen molar-refractivity contribution in [2.75, 3.05) is 13.7 Å². The van der Waals surface area contributed by atoms with Gasteiger partial charge in [-0.15, -0.1) is 11.8 Å². The first-order chi connectivity index (χ1) is 14.2. The van der Waals surface area contributed by atoms with Crippen molar-refractivity contribution in [1.29, 1.82) is 0 Å². The second kappa shape index (κ2) is 11.5. The highest BCUT2D eigenvalue weighted by atomic mass is 32.2. The second-order valence-corrected chi connectivity index (χ2v) is 10.6. The number of hydrogen-bond acceptors (Lipinski definition) is 3. The van der Waals surface area contributed by atoms with E-state index in [1.165, 1.54) is 16.2 Å². The van der Waals surface area contributed by atoms with Gasteiger partial charge in [0.05, 0.1) is 20.0 Å². The van der Waals surface area contributed by atoms with Crippen LogP contribution in [0.3, 0.4) is 0 Å². The van der Waals surface area contributed by atoms with Crippen LogP contribution in [-0.4, -0.2) is 25.1 Å². The molecule has 152 valence electrons. The third kappa shape index (κ3) is 6.42. The van der Waals surface area contributed by atoms with E-state index in [0.29, 0.717) is 11.9 Å². The standard InChI is InChI=1S/C25H29O2PS/c1-20(2)29-25(21-13-7-4-8-14-21)24(19-26-3)27-28(22-15-9-5-10-16-22)23-17-11-6-12-18-23/h4-18,20,24-25H,19H2,1-3H3/t24-,25+/m0/s1. The summed E-state index contributed by atoms with van der Waals surface area (Å²) in [5.74, 6) is 0. The molecule has 0 spiro atoms. The summed E-state index contributed by atoms with van der Waals surface area (Å²) < 4.78 is 12.5. The van der Waals surface area contributed by atoms with Gasteiger partial charge < -0.3 is 9.26 Å². The molecule has 4 heteroatoms. The minimum absolute atomic E-state index is 0.0543. The van der Waals surface area contributed by atoms with Crippen LogP contribution in [0.15, 0.2) is 91.0 Å². The molecule has 0 N–H and O–H groups in total. The summed E-state index contributed by atoms with van der Waals surface area (Å²) in [6.45, 7) is 5.03. The third-order valence-electron chi connectivity index (χ3n) is 4.44. The summed E-state index contributed by atoms with van der Waals surface area (Å²) in [6, 6.07) is 31.7. The van der Waals surface area contributed by atoms with Crippen molar-refractivity contribution in [3.05, 3.63) is 96.6 Å². The van der Waals surface area contributed by atoms with Gasteiger partial charge in [0.1, 0.15) is 6.10 Å². The van der Waals surface area contributed by atoms with E-state index in [2.05, 4.69) is 105 Å². The molecule has 29 heavy (non-hydrogen) atoms. The van der Waals surface area contributed by atoms with Gasteiger partial charge in [0, 0.05) is 17.7 Å². The lowest BCUT2D eigenvalue weighted by Crippen LogP contribution is -2.28. The molecule has 3 rings (SSSR count). The van der Waals surface area contributed by atoms with Gasteiger partial charge in [0.25, 0.3) is 0 Å². The highest BCUT2D eigenvalue weighted by Gasteiger charge is 2.30. The van der Waals surface area contributed by atoms with Crippen molar-refractivity contribution in [3.8, 4) is 0 Å². The molecule has 0 saturated heterocycles. The predicted octanol–water partition coefficient (Wildman–Crippen LogP) is 5.95. The maximum atomic E-state index is 6.90. The van der Waals surface area contributed by atoms with Crippen molar-refractivity contribution in [2.24, 2.45) is 0 Å². The van der Waals surface area contributed by atoms with Gasteiger partial charge in [-0.25, -0.2) is 0 Å². The van der Waals surface area contributed by atoms with Crippen molar-refractivity contribution >= 4 is 30.5 Å². The van der Waals surface area contributed by atoms with E-state index in [0.717, 1.165) is 0 Å². The summed E-state index contributed by atoms with van der Waals surface area (Å²) in [7, 11) is 0.813. The van der Waals surface area contributed by atoms with Gasteiger partial charge in [-0.2, -0.15) is 0 Å². The molecular formula is C25H29O2PS. The number of ether oxygens (including phenoxy) is 1. The lowest BCUT2D eigenvalue weighted by molar-refractivity contribution is 0.0897. The average Bonchev–Trinajstić information content (AvgIpc) is 2.77. The van der Waals surface area contributed by atoms with Gasteiger partial charge in [0.15, 0.2) is 0 Å².